The summed E-state index contributed by atoms with van der Waals surface area (Å²) in [6.07, 6.45) is 0. The summed E-state index contributed by atoms with van der Waals surface area (Å²) in [6.45, 7) is 1.51. The molecule has 0 spiro atoms. The number of hydrogen-bond donors (Lipinski definition) is 1. The summed E-state index contributed by atoms with van der Waals surface area (Å²) in [5.41, 5.74) is 6.82. The van der Waals surface area contributed by atoms with Gasteiger partial charge in [-0.1, -0.05) is 0 Å². The Morgan fingerprint density at radius 3 is 2.76 bits per heavy atom. The minimum Gasteiger partial charge on any atom is -0.377 e. The van der Waals surface area contributed by atoms with Gasteiger partial charge >= 0.3 is 0 Å². The van der Waals surface area contributed by atoms with E-state index in [4.69, 9.17) is 15.7 Å². The minimum absolute atomic E-state index is 0.315. The number of benzene rings is 1. The van der Waals surface area contributed by atoms with Crippen LogP contribution in [0.15, 0.2) is 24.3 Å². The molecular weight excluding hydrogens is 218 g/mol. The zero-order valence-corrected chi connectivity index (χ0v) is 9.30. The van der Waals surface area contributed by atoms with Crippen LogP contribution < -0.4 is 10.6 Å². The van der Waals surface area contributed by atoms with E-state index in [1.54, 1.807) is 12.1 Å². The standard InChI is InChI=1S/C12H13N3O2/c13-7-9-1-3-10(4-2-9)15-5-6-17-8-11(15)12(14)16/h1-4,11H,5-6,8H2,(H2,14,16). The van der Waals surface area contributed by atoms with E-state index in [-0.39, 0.29) is 0 Å². The number of nitriles is 1. The molecule has 5 nitrogen and oxygen atoms in total. The van der Waals surface area contributed by atoms with Gasteiger partial charge in [0.05, 0.1) is 24.8 Å². The quantitative estimate of drug-likeness (QED) is 0.791. The molecule has 1 aliphatic rings. The van der Waals surface area contributed by atoms with Crippen molar-refractivity contribution in [1.82, 2.24) is 0 Å². The number of amides is 1. The van der Waals surface area contributed by atoms with Crippen LogP contribution in [-0.2, 0) is 9.53 Å². The van der Waals surface area contributed by atoms with Crippen LogP contribution >= 0.6 is 0 Å². The third-order valence-electron chi connectivity index (χ3n) is 2.78. The van der Waals surface area contributed by atoms with E-state index in [0.29, 0.717) is 25.3 Å². The van der Waals surface area contributed by atoms with E-state index < -0.39 is 11.9 Å². The number of ether oxygens (including phenoxy) is 1. The van der Waals surface area contributed by atoms with E-state index in [1.165, 1.54) is 0 Å². The van der Waals surface area contributed by atoms with Crippen LogP contribution in [0.1, 0.15) is 5.56 Å². The van der Waals surface area contributed by atoms with Crippen LogP contribution in [0.2, 0.25) is 0 Å². The van der Waals surface area contributed by atoms with Gasteiger partial charge in [-0.25, -0.2) is 0 Å². The summed E-state index contributed by atoms with van der Waals surface area (Å²) in [5.74, 6) is -0.394. The zero-order chi connectivity index (χ0) is 12.3. The van der Waals surface area contributed by atoms with E-state index in [0.717, 1.165) is 5.69 Å². The third-order valence-corrected chi connectivity index (χ3v) is 2.78. The van der Waals surface area contributed by atoms with Crippen molar-refractivity contribution in [2.45, 2.75) is 6.04 Å². The van der Waals surface area contributed by atoms with Gasteiger partial charge in [-0.05, 0) is 24.3 Å². The highest BCUT2D eigenvalue weighted by Crippen LogP contribution is 2.20. The molecule has 0 aromatic heterocycles. The molecule has 5 heteroatoms. The molecule has 1 unspecified atom stereocenters. The normalized spacial score (nSPS) is 19.7. The molecule has 0 aliphatic carbocycles. The molecule has 0 saturated carbocycles. The highest BCUT2D eigenvalue weighted by atomic mass is 16.5. The molecule has 1 amide bonds. The Labute approximate surface area is 99.4 Å². The number of morpholine rings is 1. The SMILES string of the molecule is N#Cc1ccc(N2CCOCC2C(N)=O)cc1. The Kier molecular flexibility index (Phi) is 3.26. The molecule has 1 fully saturated rings. The van der Waals surface area contributed by atoms with Gasteiger partial charge in [0.15, 0.2) is 0 Å². The third kappa shape index (κ3) is 2.37. The van der Waals surface area contributed by atoms with Gasteiger partial charge in [-0.15, -0.1) is 0 Å². The van der Waals surface area contributed by atoms with Crippen molar-refractivity contribution < 1.29 is 9.53 Å². The predicted molar refractivity (Wildman–Crippen MR) is 62.3 cm³/mol. The lowest BCUT2D eigenvalue weighted by atomic mass is 10.1. The number of nitrogens with two attached hydrogens (primary N) is 1. The molecule has 2 N–H and O–H groups in total. The minimum atomic E-state index is -0.434. The number of primary amides is 1. The first-order valence-corrected chi connectivity index (χ1v) is 5.36. The van der Waals surface area contributed by atoms with Crippen LogP contribution in [0, 0.1) is 11.3 Å². The summed E-state index contributed by atoms with van der Waals surface area (Å²) in [4.78, 5) is 13.2. The molecule has 2 rings (SSSR count). The summed E-state index contributed by atoms with van der Waals surface area (Å²) >= 11 is 0. The van der Waals surface area contributed by atoms with E-state index in [2.05, 4.69) is 6.07 Å². The van der Waals surface area contributed by atoms with Gasteiger partial charge < -0.3 is 15.4 Å². The fourth-order valence-electron chi connectivity index (χ4n) is 1.88. The van der Waals surface area contributed by atoms with Gasteiger partial charge in [0.25, 0.3) is 0 Å². The first-order chi connectivity index (χ1) is 8.22. The average Bonchev–Trinajstić information content (AvgIpc) is 2.39. The molecule has 1 heterocycles. The second kappa shape index (κ2) is 4.85. The lowest BCUT2D eigenvalue weighted by Gasteiger charge is -2.35. The summed E-state index contributed by atoms with van der Waals surface area (Å²) in [5, 5.41) is 8.72. The van der Waals surface area contributed by atoms with Crippen molar-refractivity contribution in [3.05, 3.63) is 29.8 Å². The molecule has 88 valence electrons. The molecule has 1 aromatic rings. The van der Waals surface area contributed by atoms with Crippen molar-refractivity contribution in [1.29, 1.82) is 5.26 Å². The van der Waals surface area contributed by atoms with E-state index >= 15 is 0 Å². The number of carbonyl (C=O) groups is 1. The number of nitrogens with zero attached hydrogens (tertiary/aromatic N) is 2. The van der Waals surface area contributed by atoms with Crippen LogP contribution in [0.3, 0.4) is 0 Å². The molecule has 17 heavy (non-hydrogen) atoms. The zero-order valence-electron chi connectivity index (χ0n) is 9.30. The highest BCUT2D eigenvalue weighted by Gasteiger charge is 2.27. The molecule has 1 saturated heterocycles. The predicted octanol–water partition coefficient (Wildman–Crippen LogP) is 0.249. The van der Waals surface area contributed by atoms with Crippen LogP contribution in [0.4, 0.5) is 5.69 Å². The maximum atomic E-state index is 11.3. The molecular formula is C12H13N3O2. The molecule has 1 aliphatic heterocycles. The van der Waals surface area contributed by atoms with Crippen molar-refractivity contribution in [3.63, 3.8) is 0 Å². The number of rotatable bonds is 2. The van der Waals surface area contributed by atoms with Gasteiger partial charge in [0.1, 0.15) is 6.04 Å². The van der Waals surface area contributed by atoms with Crippen molar-refractivity contribution in [2.24, 2.45) is 5.73 Å². The van der Waals surface area contributed by atoms with E-state index in [9.17, 15) is 4.79 Å². The molecule has 1 aromatic carbocycles. The number of carbonyl (C=O) groups excluding carboxylic acids is 1. The Bertz CT molecular complexity index is 450. The van der Waals surface area contributed by atoms with E-state index in [1.807, 2.05) is 17.0 Å². The maximum Gasteiger partial charge on any atom is 0.242 e. The van der Waals surface area contributed by atoms with Crippen LogP contribution in [0.5, 0.6) is 0 Å². The van der Waals surface area contributed by atoms with Gasteiger partial charge in [0.2, 0.25) is 5.91 Å². The van der Waals surface area contributed by atoms with Crippen molar-refractivity contribution in [3.8, 4) is 6.07 Å². The summed E-state index contributed by atoms with van der Waals surface area (Å²) < 4.78 is 5.25. The average molecular weight is 231 g/mol. The maximum absolute atomic E-state index is 11.3. The van der Waals surface area contributed by atoms with Crippen LogP contribution in [0.25, 0.3) is 0 Å². The monoisotopic (exact) mass is 231 g/mol. The molecule has 0 radical (unpaired) electrons. The number of anilines is 1. The Morgan fingerprint density at radius 2 is 2.18 bits per heavy atom. The van der Waals surface area contributed by atoms with Gasteiger partial charge in [-0.3, -0.25) is 4.79 Å². The van der Waals surface area contributed by atoms with Gasteiger partial charge in [0, 0.05) is 12.2 Å². The second-order valence-corrected chi connectivity index (χ2v) is 3.85. The lowest BCUT2D eigenvalue weighted by molar-refractivity contribution is -0.121. The highest BCUT2D eigenvalue weighted by molar-refractivity contribution is 5.84. The topological polar surface area (TPSA) is 79.3 Å². The Hall–Kier alpha value is -2.06. The van der Waals surface area contributed by atoms with Crippen molar-refractivity contribution in [2.75, 3.05) is 24.7 Å². The van der Waals surface area contributed by atoms with Crippen LogP contribution in [-0.4, -0.2) is 31.7 Å². The largest absolute Gasteiger partial charge is 0.377 e. The summed E-state index contributed by atoms with van der Waals surface area (Å²) in [7, 11) is 0. The first-order valence-electron chi connectivity index (χ1n) is 5.36. The fraction of sp³-hybridized carbons (Fsp3) is 0.333. The Balaban J connectivity index is 2.24. The smallest absolute Gasteiger partial charge is 0.242 e. The fourth-order valence-corrected chi connectivity index (χ4v) is 1.88. The van der Waals surface area contributed by atoms with Gasteiger partial charge in [-0.2, -0.15) is 5.26 Å². The first kappa shape index (κ1) is 11.4. The lowest BCUT2D eigenvalue weighted by Crippen LogP contribution is -2.52. The Morgan fingerprint density at radius 1 is 1.47 bits per heavy atom. The van der Waals surface area contributed by atoms with Crippen molar-refractivity contribution >= 4 is 11.6 Å². The molecule has 0 bridgehead atoms. The number of hydrogen-bond acceptors (Lipinski definition) is 4. The summed E-state index contributed by atoms with van der Waals surface area (Å²) in [6, 6.07) is 8.71. The second-order valence-electron chi connectivity index (χ2n) is 3.85. The molecule has 1 atom stereocenters.